The van der Waals surface area contributed by atoms with E-state index in [0.717, 1.165) is 17.1 Å². The van der Waals surface area contributed by atoms with E-state index in [1.54, 1.807) is 0 Å². The molecule has 0 saturated heterocycles. The summed E-state index contributed by atoms with van der Waals surface area (Å²) in [6.45, 7) is 4.82. The molecule has 0 heterocycles. The van der Waals surface area contributed by atoms with Crippen LogP contribution in [0.15, 0.2) is 237 Å². The third-order valence-corrected chi connectivity index (χ3v) is 13.9. The van der Waals surface area contributed by atoms with E-state index in [-0.39, 0.29) is 5.41 Å². The van der Waals surface area contributed by atoms with Crippen LogP contribution >= 0.6 is 0 Å². The lowest BCUT2D eigenvalue weighted by Gasteiger charge is -2.35. The molecule has 0 aromatic heterocycles. The van der Waals surface area contributed by atoms with Gasteiger partial charge >= 0.3 is 0 Å². The zero-order chi connectivity index (χ0) is 42.1. The Morgan fingerprint density at radius 3 is 1.40 bits per heavy atom. The highest BCUT2D eigenvalue weighted by Gasteiger charge is 2.46. The van der Waals surface area contributed by atoms with E-state index in [0.29, 0.717) is 0 Å². The standard InChI is InChI=1S/C62H45N/c1-61(2)58-39-48(36-38-53(58)56-41-55(44-21-9-4-10-22-44)50-27-15-16-29-54(50)60(56)61)63(47-33-31-43(32-34-47)42-19-7-3-8-20-42)49-35-37-52-51-28-17-18-30-57(51)62(59(52)40-49,45-23-11-5-12-24-45)46-25-13-6-14-26-46/h3-41H,1-2H3. The number of fused-ring (bicyclic) bond motifs is 8. The molecule has 0 N–H and O–H groups in total. The number of hydrogen-bond donors (Lipinski definition) is 0. The minimum atomic E-state index is -0.508. The fraction of sp³-hybridized carbons (Fsp3) is 0.0645. The first-order chi connectivity index (χ1) is 31.0. The fourth-order valence-corrected chi connectivity index (χ4v) is 11.1. The number of rotatable bonds is 7. The Bertz CT molecular complexity index is 3290. The van der Waals surface area contributed by atoms with Crippen molar-refractivity contribution in [2.24, 2.45) is 0 Å². The number of nitrogens with zero attached hydrogens (tertiary/aromatic N) is 1. The van der Waals surface area contributed by atoms with Gasteiger partial charge in [0, 0.05) is 22.5 Å². The Balaban J connectivity index is 1.08. The largest absolute Gasteiger partial charge is 0.310 e. The molecule has 10 aromatic carbocycles. The first-order valence-electron chi connectivity index (χ1n) is 22.1. The lowest BCUT2D eigenvalue weighted by Crippen LogP contribution is -2.28. The van der Waals surface area contributed by atoms with Gasteiger partial charge in [0.1, 0.15) is 0 Å². The smallest absolute Gasteiger partial charge is 0.0714 e. The molecule has 0 saturated carbocycles. The van der Waals surface area contributed by atoms with Crippen molar-refractivity contribution in [1.29, 1.82) is 0 Å². The summed E-state index contributed by atoms with van der Waals surface area (Å²) in [5.41, 5.74) is 20.6. The van der Waals surface area contributed by atoms with E-state index in [4.69, 9.17) is 0 Å². The fourth-order valence-electron chi connectivity index (χ4n) is 11.1. The molecule has 0 amide bonds. The molecule has 1 heteroatoms. The van der Waals surface area contributed by atoms with Gasteiger partial charge in [-0.3, -0.25) is 0 Å². The van der Waals surface area contributed by atoms with Gasteiger partial charge in [0.25, 0.3) is 0 Å². The Labute approximate surface area is 370 Å². The van der Waals surface area contributed by atoms with Crippen LogP contribution in [0.25, 0.3) is 55.3 Å². The van der Waals surface area contributed by atoms with Crippen LogP contribution in [0.3, 0.4) is 0 Å². The van der Waals surface area contributed by atoms with Crippen molar-refractivity contribution in [3.63, 3.8) is 0 Å². The molecule has 0 spiro atoms. The second-order valence-electron chi connectivity index (χ2n) is 17.6. The molecule has 10 aromatic rings. The molecule has 1 nitrogen and oxygen atoms in total. The zero-order valence-corrected chi connectivity index (χ0v) is 35.5. The first-order valence-corrected chi connectivity index (χ1v) is 22.1. The minimum Gasteiger partial charge on any atom is -0.310 e. The Morgan fingerprint density at radius 1 is 0.302 bits per heavy atom. The van der Waals surface area contributed by atoms with Crippen LogP contribution in [0, 0.1) is 0 Å². The van der Waals surface area contributed by atoms with Gasteiger partial charge in [0.2, 0.25) is 0 Å². The van der Waals surface area contributed by atoms with Crippen molar-refractivity contribution in [2.45, 2.75) is 24.7 Å². The van der Waals surface area contributed by atoms with Gasteiger partial charge in [-0.1, -0.05) is 208 Å². The molecule has 0 aliphatic heterocycles. The van der Waals surface area contributed by atoms with Crippen molar-refractivity contribution in [3.8, 4) is 44.5 Å². The molecule has 0 atom stereocenters. The maximum atomic E-state index is 2.48. The molecule has 2 aliphatic rings. The lowest BCUT2D eigenvalue weighted by atomic mass is 9.67. The van der Waals surface area contributed by atoms with Gasteiger partial charge in [-0.25, -0.2) is 0 Å². The van der Waals surface area contributed by atoms with Gasteiger partial charge in [-0.15, -0.1) is 0 Å². The monoisotopic (exact) mass is 803 g/mol. The van der Waals surface area contributed by atoms with Crippen LogP contribution < -0.4 is 4.90 Å². The van der Waals surface area contributed by atoms with Crippen LogP contribution in [-0.2, 0) is 10.8 Å². The summed E-state index contributed by atoms with van der Waals surface area (Å²) in [7, 11) is 0. The van der Waals surface area contributed by atoms with Crippen molar-refractivity contribution in [1.82, 2.24) is 0 Å². The van der Waals surface area contributed by atoms with Crippen LogP contribution in [0.5, 0.6) is 0 Å². The zero-order valence-electron chi connectivity index (χ0n) is 35.5. The van der Waals surface area contributed by atoms with Crippen molar-refractivity contribution < 1.29 is 0 Å². The average Bonchev–Trinajstić information content (AvgIpc) is 3.77. The summed E-state index contributed by atoms with van der Waals surface area (Å²) in [5.74, 6) is 0. The molecule has 0 unspecified atom stereocenters. The molecule has 12 rings (SSSR count). The van der Waals surface area contributed by atoms with Gasteiger partial charge in [-0.05, 0) is 131 Å². The maximum Gasteiger partial charge on any atom is 0.0714 e. The van der Waals surface area contributed by atoms with E-state index >= 15 is 0 Å². The quantitative estimate of drug-likeness (QED) is 0.155. The van der Waals surface area contributed by atoms with Gasteiger partial charge in [-0.2, -0.15) is 0 Å². The van der Waals surface area contributed by atoms with E-state index < -0.39 is 5.41 Å². The molecular formula is C62H45N. The Kier molecular flexibility index (Phi) is 8.49. The topological polar surface area (TPSA) is 3.24 Å². The summed E-state index contributed by atoms with van der Waals surface area (Å²) in [4.78, 5) is 2.48. The van der Waals surface area contributed by atoms with E-state index in [2.05, 4.69) is 255 Å². The van der Waals surface area contributed by atoms with E-state index in [1.165, 1.54) is 88.7 Å². The molecule has 0 bridgehead atoms. The SMILES string of the molecule is CC1(C)c2cc(N(c3ccc(-c4ccccc4)cc3)c3ccc4c(c3)C(c3ccccc3)(c3ccccc3)c3ccccc3-4)ccc2-c2cc(-c3ccccc3)c3ccccc3c21. The van der Waals surface area contributed by atoms with Crippen LogP contribution in [0.4, 0.5) is 17.1 Å². The normalized spacial score (nSPS) is 13.8. The molecule has 0 radical (unpaired) electrons. The number of benzene rings is 10. The molecule has 0 fully saturated rings. The van der Waals surface area contributed by atoms with E-state index in [1.807, 2.05) is 0 Å². The highest BCUT2D eigenvalue weighted by Crippen LogP contribution is 2.58. The summed E-state index contributed by atoms with van der Waals surface area (Å²) >= 11 is 0. The lowest BCUT2D eigenvalue weighted by molar-refractivity contribution is 0.666. The highest BCUT2D eigenvalue weighted by atomic mass is 15.1. The second-order valence-corrected chi connectivity index (χ2v) is 17.6. The summed E-state index contributed by atoms with van der Waals surface area (Å²) in [5, 5.41) is 2.62. The first kappa shape index (κ1) is 37.1. The maximum absolute atomic E-state index is 2.48. The van der Waals surface area contributed by atoms with Crippen molar-refractivity contribution >= 4 is 27.8 Å². The summed E-state index contributed by atoms with van der Waals surface area (Å²) < 4.78 is 0. The average molecular weight is 804 g/mol. The Morgan fingerprint density at radius 2 is 0.762 bits per heavy atom. The van der Waals surface area contributed by atoms with Crippen molar-refractivity contribution in [3.05, 3.63) is 270 Å². The van der Waals surface area contributed by atoms with Gasteiger partial charge in [0.05, 0.1) is 5.41 Å². The third kappa shape index (κ3) is 5.63. The van der Waals surface area contributed by atoms with Crippen LogP contribution in [-0.4, -0.2) is 0 Å². The van der Waals surface area contributed by atoms with Crippen molar-refractivity contribution in [2.75, 3.05) is 4.90 Å². The molecule has 298 valence electrons. The van der Waals surface area contributed by atoms with Crippen LogP contribution in [0.2, 0.25) is 0 Å². The number of hydrogen-bond acceptors (Lipinski definition) is 1. The molecule has 63 heavy (non-hydrogen) atoms. The van der Waals surface area contributed by atoms with E-state index in [9.17, 15) is 0 Å². The summed E-state index contributed by atoms with van der Waals surface area (Å²) in [6, 6.07) is 87.7. The Hall–Kier alpha value is -7.74. The van der Waals surface area contributed by atoms with Gasteiger partial charge in [0.15, 0.2) is 0 Å². The third-order valence-electron chi connectivity index (χ3n) is 13.9. The second kappa shape index (κ2) is 14.4. The number of anilines is 3. The van der Waals surface area contributed by atoms with Crippen LogP contribution in [0.1, 0.15) is 47.2 Å². The summed E-state index contributed by atoms with van der Waals surface area (Å²) in [6.07, 6.45) is 0. The predicted molar refractivity (Wildman–Crippen MR) is 264 cm³/mol. The highest BCUT2D eigenvalue weighted by molar-refractivity contribution is 6.06. The van der Waals surface area contributed by atoms with Gasteiger partial charge < -0.3 is 4.90 Å². The minimum absolute atomic E-state index is 0.242. The molecular weight excluding hydrogens is 759 g/mol. The predicted octanol–water partition coefficient (Wildman–Crippen LogP) is 16.3. The molecule has 2 aliphatic carbocycles.